The molecule has 0 radical (unpaired) electrons. The second-order valence-electron chi connectivity index (χ2n) is 5.86. The van der Waals surface area contributed by atoms with E-state index in [1.54, 1.807) is 12.3 Å². The molecule has 21 heavy (non-hydrogen) atoms. The molecule has 3 rings (SSSR count). The van der Waals surface area contributed by atoms with Gasteiger partial charge in [0.2, 0.25) is 5.78 Å². The van der Waals surface area contributed by atoms with Crippen molar-refractivity contribution in [1.82, 2.24) is 15.3 Å². The maximum Gasteiger partial charge on any atom is 0.207 e. The fourth-order valence-corrected chi connectivity index (χ4v) is 2.63. The zero-order valence-electron chi connectivity index (χ0n) is 12.1. The van der Waals surface area contributed by atoms with Gasteiger partial charge in [0.1, 0.15) is 5.69 Å². The smallest absolute Gasteiger partial charge is 0.207 e. The Hall–Kier alpha value is -2.49. The Labute approximate surface area is 123 Å². The highest BCUT2D eigenvalue weighted by Gasteiger charge is 2.27. The minimum Gasteiger partial charge on any atom is -0.379 e. The van der Waals surface area contributed by atoms with Gasteiger partial charge < -0.3 is 5.32 Å². The van der Waals surface area contributed by atoms with E-state index >= 15 is 0 Å². The molecule has 1 N–H and O–H groups in total. The SMILES string of the molecule is CC1(C)Cc2ccccc2C(=CC(=O)c2cnccn2)N1. The predicted octanol–water partition coefficient (Wildman–Crippen LogP) is 2.62. The lowest BCUT2D eigenvalue weighted by Crippen LogP contribution is -2.43. The lowest BCUT2D eigenvalue weighted by atomic mass is 9.85. The lowest BCUT2D eigenvalue weighted by molar-refractivity contribution is 0.104. The summed E-state index contributed by atoms with van der Waals surface area (Å²) in [6, 6.07) is 8.16. The molecule has 0 atom stereocenters. The van der Waals surface area contributed by atoms with Gasteiger partial charge in [-0.15, -0.1) is 0 Å². The van der Waals surface area contributed by atoms with Crippen LogP contribution in [0.2, 0.25) is 0 Å². The minimum atomic E-state index is -0.141. The molecular formula is C17H17N3O. The summed E-state index contributed by atoms with van der Waals surface area (Å²) in [4.78, 5) is 20.3. The molecule has 0 saturated carbocycles. The number of hydrogen-bond acceptors (Lipinski definition) is 4. The number of rotatable bonds is 2. The zero-order chi connectivity index (χ0) is 14.9. The van der Waals surface area contributed by atoms with E-state index in [4.69, 9.17) is 0 Å². The number of allylic oxidation sites excluding steroid dienone is 1. The number of aromatic nitrogens is 2. The van der Waals surface area contributed by atoms with Gasteiger partial charge in [-0.25, -0.2) is 4.98 Å². The Morgan fingerprint density at radius 3 is 2.86 bits per heavy atom. The van der Waals surface area contributed by atoms with Crippen LogP contribution in [-0.4, -0.2) is 21.3 Å². The van der Waals surface area contributed by atoms with Crippen molar-refractivity contribution in [3.05, 3.63) is 65.8 Å². The largest absolute Gasteiger partial charge is 0.379 e. The summed E-state index contributed by atoms with van der Waals surface area (Å²) >= 11 is 0. The first-order valence-electron chi connectivity index (χ1n) is 6.94. The minimum absolute atomic E-state index is 0.0805. The summed E-state index contributed by atoms with van der Waals surface area (Å²) < 4.78 is 0. The second kappa shape index (κ2) is 5.13. The Morgan fingerprint density at radius 1 is 1.29 bits per heavy atom. The molecule has 0 saturated heterocycles. The summed E-state index contributed by atoms with van der Waals surface area (Å²) in [5.74, 6) is -0.141. The van der Waals surface area contributed by atoms with Gasteiger partial charge in [-0.3, -0.25) is 9.78 Å². The molecular weight excluding hydrogens is 262 g/mol. The molecule has 1 aliphatic rings. The molecule has 0 aliphatic carbocycles. The molecule has 0 amide bonds. The van der Waals surface area contributed by atoms with Gasteiger partial charge in [0.25, 0.3) is 0 Å². The van der Waals surface area contributed by atoms with Crippen LogP contribution in [0.15, 0.2) is 48.9 Å². The summed E-state index contributed by atoms with van der Waals surface area (Å²) in [6.07, 6.45) is 7.11. The number of carbonyl (C=O) groups is 1. The number of benzene rings is 1. The topological polar surface area (TPSA) is 54.9 Å². The van der Waals surface area contributed by atoms with Crippen LogP contribution >= 0.6 is 0 Å². The van der Waals surface area contributed by atoms with E-state index < -0.39 is 0 Å². The summed E-state index contributed by atoms with van der Waals surface area (Å²) in [5, 5.41) is 3.44. The van der Waals surface area contributed by atoms with Gasteiger partial charge in [0.15, 0.2) is 0 Å². The number of nitrogens with zero attached hydrogens (tertiary/aromatic N) is 2. The monoisotopic (exact) mass is 279 g/mol. The molecule has 1 aliphatic heterocycles. The molecule has 106 valence electrons. The molecule has 2 aromatic rings. The molecule has 1 aromatic heterocycles. The second-order valence-corrected chi connectivity index (χ2v) is 5.86. The maximum absolute atomic E-state index is 12.3. The van der Waals surface area contributed by atoms with Crippen molar-refractivity contribution in [2.24, 2.45) is 0 Å². The average Bonchev–Trinajstić information content (AvgIpc) is 2.47. The van der Waals surface area contributed by atoms with Gasteiger partial charge in [-0.1, -0.05) is 24.3 Å². The van der Waals surface area contributed by atoms with E-state index in [1.165, 1.54) is 18.0 Å². The molecule has 0 unspecified atom stereocenters. The van der Waals surface area contributed by atoms with Gasteiger partial charge >= 0.3 is 0 Å². The highest BCUT2D eigenvalue weighted by molar-refractivity contribution is 6.07. The molecule has 0 fully saturated rings. The van der Waals surface area contributed by atoms with Crippen molar-refractivity contribution in [2.75, 3.05) is 0 Å². The van der Waals surface area contributed by atoms with Gasteiger partial charge in [0.05, 0.1) is 6.20 Å². The fourth-order valence-electron chi connectivity index (χ4n) is 2.63. The zero-order valence-corrected chi connectivity index (χ0v) is 12.1. The Bertz CT molecular complexity index is 705. The number of nitrogens with one attached hydrogen (secondary N) is 1. The first kappa shape index (κ1) is 13.5. The van der Waals surface area contributed by atoms with Crippen LogP contribution in [0.3, 0.4) is 0 Å². The van der Waals surface area contributed by atoms with Crippen molar-refractivity contribution in [2.45, 2.75) is 25.8 Å². The van der Waals surface area contributed by atoms with Crippen molar-refractivity contribution in [3.63, 3.8) is 0 Å². The molecule has 4 nitrogen and oxygen atoms in total. The first-order valence-corrected chi connectivity index (χ1v) is 6.94. The standard InChI is InChI=1S/C17H17N3O/c1-17(2)10-12-5-3-4-6-13(12)14(20-17)9-16(21)15-11-18-7-8-19-15/h3-9,11,20H,10H2,1-2H3. The average molecular weight is 279 g/mol. The van der Waals surface area contributed by atoms with E-state index in [0.29, 0.717) is 5.69 Å². The van der Waals surface area contributed by atoms with Crippen LogP contribution in [0.4, 0.5) is 0 Å². The Balaban J connectivity index is 2.01. The van der Waals surface area contributed by atoms with Crippen LogP contribution in [0.25, 0.3) is 5.70 Å². The number of fused-ring (bicyclic) bond motifs is 1. The van der Waals surface area contributed by atoms with Crippen LogP contribution in [0.5, 0.6) is 0 Å². The van der Waals surface area contributed by atoms with E-state index in [-0.39, 0.29) is 11.3 Å². The Morgan fingerprint density at radius 2 is 2.10 bits per heavy atom. The normalized spacial score (nSPS) is 17.9. The lowest BCUT2D eigenvalue weighted by Gasteiger charge is -2.35. The first-order chi connectivity index (χ1) is 10.1. The number of carbonyl (C=O) groups excluding carboxylic acids is 1. The fraction of sp³-hybridized carbons (Fsp3) is 0.235. The van der Waals surface area contributed by atoms with E-state index in [2.05, 4.69) is 35.2 Å². The highest BCUT2D eigenvalue weighted by Crippen LogP contribution is 2.29. The van der Waals surface area contributed by atoms with Crippen LogP contribution in [-0.2, 0) is 6.42 Å². The predicted molar refractivity (Wildman–Crippen MR) is 81.7 cm³/mol. The molecule has 4 heteroatoms. The molecule has 0 spiro atoms. The van der Waals surface area contributed by atoms with Gasteiger partial charge in [0, 0.05) is 35.3 Å². The van der Waals surface area contributed by atoms with Crippen molar-refractivity contribution in [1.29, 1.82) is 0 Å². The van der Waals surface area contributed by atoms with Crippen LogP contribution < -0.4 is 5.32 Å². The van der Waals surface area contributed by atoms with E-state index in [9.17, 15) is 4.79 Å². The van der Waals surface area contributed by atoms with E-state index in [1.807, 2.05) is 18.2 Å². The van der Waals surface area contributed by atoms with Crippen molar-refractivity contribution < 1.29 is 4.79 Å². The van der Waals surface area contributed by atoms with Crippen molar-refractivity contribution >= 4 is 11.5 Å². The summed E-state index contributed by atoms with van der Waals surface area (Å²) in [5.41, 5.74) is 3.45. The Kier molecular flexibility index (Phi) is 3.29. The van der Waals surface area contributed by atoms with Crippen molar-refractivity contribution in [3.8, 4) is 0 Å². The van der Waals surface area contributed by atoms with E-state index in [0.717, 1.165) is 17.7 Å². The molecule has 0 bridgehead atoms. The summed E-state index contributed by atoms with van der Waals surface area (Å²) in [7, 11) is 0. The molecule has 2 heterocycles. The maximum atomic E-state index is 12.3. The van der Waals surface area contributed by atoms with Gasteiger partial charge in [-0.05, 0) is 25.8 Å². The third-order valence-electron chi connectivity index (χ3n) is 3.50. The molecule has 1 aromatic carbocycles. The van der Waals surface area contributed by atoms with Crippen LogP contribution in [0.1, 0.15) is 35.5 Å². The highest BCUT2D eigenvalue weighted by atomic mass is 16.1. The third kappa shape index (κ3) is 2.84. The quantitative estimate of drug-likeness (QED) is 0.678. The van der Waals surface area contributed by atoms with Crippen LogP contribution in [0, 0.1) is 0 Å². The third-order valence-corrected chi connectivity index (χ3v) is 3.50. The number of ketones is 1. The summed E-state index contributed by atoms with van der Waals surface area (Å²) in [6.45, 7) is 4.26. The number of hydrogen-bond donors (Lipinski definition) is 1. The van der Waals surface area contributed by atoms with Gasteiger partial charge in [-0.2, -0.15) is 0 Å².